The Balaban J connectivity index is 2.05. The second-order valence-electron chi connectivity index (χ2n) is 6.88. The number of nitrogens with zero attached hydrogens (tertiary/aromatic N) is 3. The van der Waals surface area contributed by atoms with Crippen LogP contribution in [-0.2, 0) is 11.2 Å². The smallest absolute Gasteiger partial charge is 0.101 e. The molecule has 1 aliphatic rings. The molecule has 0 spiro atoms. The van der Waals surface area contributed by atoms with Gasteiger partial charge in [-0.2, -0.15) is 0 Å². The first-order valence-corrected chi connectivity index (χ1v) is 8.81. The molecule has 0 saturated heterocycles. The van der Waals surface area contributed by atoms with Crippen molar-refractivity contribution in [1.82, 2.24) is 15.0 Å². The Morgan fingerprint density at radius 1 is 1.23 bits per heavy atom. The fourth-order valence-corrected chi connectivity index (χ4v) is 2.97. The first-order valence-electron chi connectivity index (χ1n) is 8.81. The molecule has 1 unspecified atom stereocenters. The highest BCUT2D eigenvalue weighted by atomic mass is 16.5. The quantitative estimate of drug-likeness (QED) is 0.568. The predicted molar refractivity (Wildman–Crippen MR) is 89.9 cm³/mol. The number of hydrogen-bond acceptors (Lipinski definition) is 3. The van der Waals surface area contributed by atoms with Crippen LogP contribution in [0.1, 0.15) is 83.3 Å². The summed E-state index contributed by atoms with van der Waals surface area (Å²) >= 11 is 0. The zero-order valence-electron chi connectivity index (χ0n) is 14.6. The summed E-state index contributed by atoms with van der Waals surface area (Å²) in [6.45, 7) is 9.50. The number of allylic oxidation sites excluding steroid dienone is 1. The van der Waals surface area contributed by atoms with Crippen LogP contribution in [0.25, 0.3) is 0 Å². The highest BCUT2D eigenvalue weighted by Crippen LogP contribution is 2.31. The largest absolute Gasteiger partial charge is 0.372 e. The van der Waals surface area contributed by atoms with Crippen LogP contribution in [0.2, 0.25) is 0 Å². The van der Waals surface area contributed by atoms with Crippen LogP contribution >= 0.6 is 0 Å². The molecule has 124 valence electrons. The van der Waals surface area contributed by atoms with Crippen molar-refractivity contribution in [1.29, 1.82) is 0 Å². The van der Waals surface area contributed by atoms with Crippen LogP contribution in [0, 0.1) is 5.92 Å². The molecule has 0 aromatic carbocycles. The van der Waals surface area contributed by atoms with Crippen molar-refractivity contribution >= 4 is 0 Å². The summed E-state index contributed by atoms with van der Waals surface area (Å²) < 4.78 is 8.29. The maximum Gasteiger partial charge on any atom is 0.101 e. The molecule has 1 aromatic heterocycles. The van der Waals surface area contributed by atoms with Crippen LogP contribution in [0.4, 0.5) is 0 Å². The van der Waals surface area contributed by atoms with Crippen LogP contribution < -0.4 is 0 Å². The van der Waals surface area contributed by atoms with Crippen molar-refractivity contribution in [2.75, 3.05) is 6.61 Å². The maximum absolute atomic E-state index is 6.22. The van der Waals surface area contributed by atoms with Crippen LogP contribution in [0.5, 0.6) is 0 Å². The fourth-order valence-electron chi connectivity index (χ4n) is 2.97. The van der Waals surface area contributed by atoms with E-state index in [0.717, 1.165) is 31.6 Å². The van der Waals surface area contributed by atoms with Gasteiger partial charge in [-0.3, -0.25) is 0 Å². The molecular weight excluding hydrogens is 274 g/mol. The molecule has 1 atom stereocenters. The van der Waals surface area contributed by atoms with E-state index in [1.54, 1.807) is 0 Å². The summed E-state index contributed by atoms with van der Waals surface area (Å²) in [5.41, 5.74) is 2.37. The normalized spacial score (nSPS) is 19.6. The van der Waals surface area contributed by atoms with Crippen molar-refractivity contribution < 1.29 is 4.74 Å². The average molecular weight is 305 g/mol. The Bertz CT molecular complexity index is 477. The average Bonchev–Trinajstić information content (AvgIpc) is 2.84. The molecule has 0 aliphatic heterocycles. The van der Waals surface area contributed by atoms with Gasteiger partial charge in [0.25, 0.3) is 0 Å². The van der Waals surface area contributed by atoms with E-state index in [0.29, 0.717) is 12.0 Å². The van der Waals surface area contributed by atoms with E-state index in [2.05, 4.69) is 54.8 Å². The summed E-state index contributed by atoms with van der Waals surface area (Å²) in [4.78, 5) is 0. The molecule has 0 fully saturated rings. The van der Waals surface area contributed by atoms with Gasteiger partial charge in [0.15, 0.2) is 0 Å². The fraction of sp³-hybridized carbons (Fsp3) is 0.778. The zero-order valence-corrected chi connectivity index (χ0v) is 14.6. The Labute approximate surface area is 134 Å². The lowest BCUT2D eigenvalue weighted by molar-refractivity contribution is 0.0391. The topological polar surface area (TPSA) is 39.9 Å². The number of aromatic nitrogens is 3. The molecule has 1 aromatic rings. The Morgan fingerprint density at radius 2 is 2.05 bits per heavy atom. The van der Waals surface area contributed by atoms with Gasteiger partial charge in [-0.15, -0.1) is 5.10 Å². The molecule has 2 rings (SSSR count). The Kier molecular flexibility index (Phi) is 6.62. The van der Waals surface area contributed by atoms with Crippen LogP contribution in [-0.4, -0.2) is 21.6 Å². The summed E-state index contributed by atoms with van der Waals surface area (Å²) in [5, 5.41) is 8.79. The summed E-state index contributed by atoms with van der Waals surface area (Å²) in [5.74, 6) is 0.611. The maximum atomic E-state index is 6.22. The number of rotatable bonds is 6. The first kappa shape index (κ1) is 17.2. The second kappa shape index (κ2) is 8.47. The van der Waals surface area contributed by atoms with Gasteiger partial charge in [0.05, 0.1) is 18.0 Å². The van der Waals surface area contributed by atoms with Gasteiger partial charge >= 0.3 is 0 Å². The summed E-state index contributed by atoms with van der Waals surface area (Å²) in [6, 6.07) is 0.336. The Morgan fingerprint density at radius 3 is 2.77 bits per heavy atom. The van der Waals surface area contributed by atoms with E-state index in [4.69, 9.17) is 4.74 Å². The number of aryl methyl sites for hydroxylation is 1. The van der Waals surface area contributed by atoms with E-state index in [1.165, 1.54) is 25.0 Å². The molecule has 0 bridgehead atoms. The molecule has 0 saturated carbocycles. The monoisotopic (exact) mass is 305 g/mol. The van der Waals surface area contributed by atoms with Gasteiger partial charge in [0.1, 0.15) is 6.10 Å². The Hall–Kier alpha value is -1.16. The number of ether oxygens (including phenoxy) is 1. The van der Waals surface area contributed by atoms with Gasteiger partial charge in [0, 0.05) is 6.04 Å². The van der Waals surface area contributed by atoms with E-state index < -0.39 is 0 Å². The van der Waals surface area contributed by atoms with Crippen molar-refractivity contribution in [2.24, 2.45) is 5.92 Å². The molecule has 4 heteroatoms. The summed E-state index contributed by atoms with van der Waals surface area (Å²) in [7, 11) is 0. The van der Waals surface area contributed by atoms with Crippen molar-refractivity contribution in [3.63, 3.8) is 0 Å². The van der Waals surface area contributed by atoms with E-state index in [1.807, 2.05) is 0 Å². The highest BCUT2D eigenvalue weighted by Gasteiger charge is 2.25. The highest BCUT2D eigenvalue weighted by molar-refractivity contribution is 5.15. The predicted octanol–water partition coefficient (Wildman–Crippen LogP) is 4.64. The van der Waals surface area contributed by atoms with Gasteiger partial charge in [-0.05, 0) is 45.4 Å². The third-order valence-corrected chi connectivity index (χ3v) is 4.10. The lowest BCUT2D eigenvalue weighted by atomic mass is 9.98. The lowest BCUT2D eigenvalue weighted by Crippen LogP contribution is -2.17. The van der Waals surface area contributed by atoms with Gasteiger partial charge < -0.3 is 4.74 Å². The molecular formula is C18H31N3O. The van der Waals surface area contributed by atoms with E-state index >= 15 is 0 Å². The standard InChI is InChI=1S/C18H31N3O/c1-14(2)10-8-9-13-22-17-12-7-5-6-11-16-18(17)21(15(3)4)20-19-16/h8,10,14-15,17H,5-7,9,11-13H2,1-4H3/b10-8+. The van der Waals surface area contributed by atoms with Gasteiger partial charge in [-0.25, -0.2) is 4.68 Å². The molecule has 22 heavy (non-hydrogen) atoms. The first-order chi connectivity index (χ1) is 10.6. The lowest BCUT2D eigenvalue weighted by Gasteiger charge is -2.23. The van der Waals surface area contributed by atoms with Gasteiger partial charge in [0.2, 0.25) is 0 Å². The molecule has 0 radical (unpaired) electrons. The minimum absolute atomic E-state index is 0.153. The minimum atomic E-state index is 0.153. The van der Waals surface area contributed by atoms with E-state index in [9.17, 15) is 0 Å². The van der Waals surface area contributed by atoms with Crippen LogP contribution in [0.15, 0.2) is 12.2 Å². The zero-order chi connectivity index (χ0) is 15.9. The molecule has 4 nitrogen and oxygen atoms in total. The van der Waals surface area contributed by atoms with Crippen molar-refractivity contribution in [3.8, 4) is 0 Å². The molecule has 0 N–H and O–H groups in total. The summed E-state index contributed by atoms with van der Waals surface area (Å²) in [6.07, 6.45) is 11.4. The third-order valence-electron chi connectivity index (χ3n) is 4.10. The SMILES string of the molecule is CC(C)/C=C/CCOC1CCCCCc2nnn(C(C)C)c21. The van der Waals surface area contributed by atoms with E-state index in [-0.39, 0.29) is 6.10 Å². The molecule has 0 amide bonds. The van der Waals surface area contributed by atoms with Crippen LogP contribution in [0.3, 0.4) is 0 Å². The number of fused-ring (bicyclic) bond motifs is 1. The molecule has 1 aliphatic carbocycles. The minimum Gasteiger partial charge on any atom is -0.372 e. The molecule has 1 heterocycles. The van der Waals surface area contributed by atoms with Crippen molar-refractivity contribution in [2.45, 2.75) is 78.4 Å². The van der Waals surface area contributed by atoms with Gasteiger partial charge in [-0.1, -0.05) is 44.1 Å². The number of hydrogen-bond donors (Lipinski definition) is 0. The third kappa shape index (κ3) is 4.67. The van der Waals surface area contributed by atoms with Crippen molar-refractivity contribution in [3.05, 3.63) is 23.5 Å². The second-order valence-corrected chi connectivity index (χ2v) is 6.88.